The van der Waals surface area contributed by atoms with Crippen molar-refractivity contribution < 1.29 is 0 Å². The number of hydrogen-bond acceptors (Lipinski definition) is 1. The molecule has 0 aliphatic rings. The number of nitrogens with one attached hydrogen (secondary N) is 1. The third-order valence-corrected chi connectivity index (χ3v) is 3.77. The lowest BCUT2D eigenvalue weighted by Crippen LogP contribution is -2.30. The highest BCUT2D eigenvalue weighted by molar-refractivity contribution is 4.71. The van der Waals surface area contributed by atoms with Crippen LogP contribution in [0.3, 0.4) is 0 Å². The van der Waals surface area contributed by atoms with E-state index in [1.165, 1.54) is 77.3 Å². The highest BCUT2D eigenvalue weighted by Gasteiger charge is 2.16. The van der Waals surface area contributed by atoms with Gasteiger partial charge in [0.15, 0.2) is 0 Å². The van der Waals surface area contributed by atoms with Gasteiger partial charge in [-0.1, -0.05) is 79.1 Å². The SMILES string of the molecule is CCCCCCCNCC(C)(C)CCCCCC. The van der Waals surface area contributed by atoms with Gasteiger partial charge >= 0.3 is 0 Å². The summed E-state index contributed by atoms with van der Waals surface area (Å²) in [6, 6.07) is 0. The molecule has 0 aromatic carbocycles. The van der Waals surface area contributed by atoms with Gasteiger partial charge in [-0.25, -0.2) is 0 Å². The van der Waals surface area contributed by atoms with Crippen molar-refractivity contribution in [2.45, 2.75) is 91.9 Å². The van der Waals surface area contributed by atoms with Crippen molar-refractivity contribution in [2.75, 3.05) is 13.1 Å². The van der Waals surface area contributed by atoms with E-state index < -0.39 is 0 Å². The summed E-state index contributed by atoms with van der Waals surface area (Å²) in [5.41, 5.74) is 0.483. The summed E-state index contributed by atoms with van der Waals surface area (Å²) >= 11 is 0. The maximum absolute atomic E-state index is 3.64. The van der Waals surface area contributed by atoms with Crippen molar-refractivity contribution in [3.8, 4) is 0 Å². The van der Waals surface area contributed by atoms with E-state index in [2.05, 4.69) is 33.0 Å². The Bertz CT molecular complexity index is 163. The molecule has 0 aliphatic carbocycles. The van der Waals surface area contributed by atoms with Crippen LogP contribution in [0.1, 0.15) is 91.9 Å². The quantitative estimate of drug-likeness (QED) is 0.426. The summed E-state index contributed by atoms with van der Waals surface area (Å²) in [6.45, 7) is 11.8. The fourth-order valence-corrected chi connectivity index (χ4v) is 2.40. The van der Waals surface area contributed by atoms with Crippen LogP contribution in [0.15, 0.2) is 0 Å². The summed E-state index contributed by atoms with van der Waals surface area (Å²) in [7, 11) is 0. The molecular formula is C17H37N. The second-order valence-electron chi connectivity index (χ2n) is 6.57. The van der Waals surface area contributed by atoms with E-state index in [0.717, 1.165) is 0 Å². The standard InChI is InChI=1S/C17H37N/c1-5-7-9-11-13-15-18-16-17(3,4)14-12-10-8-6-2/h18H,5-16H2,1-4H3. The zero-order valence-corrected chi connectivity index (χ0v) is 13.5. The monoisotopic (exact) mass is 255 g/mol. The predicted molar refractivity (Wildman–Crippen MR) is 84.2 cm³/mol. The minimum absolute atomic E-state index is 0.483. The highest BCUT2D eigenvalue weighted by atomic mass is 14.9. The normalized spacial score (nSPS) is 12.0. The minimum Gasteiger partial charge on any atom is -0.316 e. The van der Waals surface area contributed by atoms with E-state index in [1.807, 2.05) is 0 Å². The van der Waals surface area contributed by atoms with Gasteiger partial charge in [-0.2, -0.15) is 0 Å². The fraction of sp³-hybridized carbons (Fsp3) is 1.00. The molecule has 0 atom stereocenters. The average Bonchev–Trinajstić information content (AvgIpc) is 2.34. The van der Waals surface area contributed by atoms with E-state index in [0.29, 0.717) is 5.41 Å². The third-order valence-electron chi connectivity index (χ3n) is 3.77. The van der Waals surface area contributed by atoms with Crippen molar-refractivity contribution in [1.29, 1.82) is 0 Å². The van der Waals surface area contributed by atoms with Crippen LogP contribution in [0.25, 0.3) is 0 Å². The van der Waals surface area contributed by atoms with Crippen LogP contribution in [0.2, 0.25) is 0 Å². The van der Waals surface area contributed by atoms with Gasteiger partial charge in [-0.15, -0.1) is 0 Å². The molecule has 110 valence electrons. The van der Waals surface area contributed by atoms with Gasteiger partial charge in [0.1, 0.15) is 0 Å². The van der Waals surface area contributed by atoms with Crippen LogP contribution in [-0.2, 0) is 0 Å². The molecule has 1 heteroatoms. The van der Waals surface area contributed by atoms with Crippen molar-refractivity contribution in [2.24, 2.45) is 5.41 Å². The molecule has 0 rings (SSSR count). The van der Waals surface area contributed by atoms with Gasteiger partial charge in [0.2, 0.25) is 0 Å². The lowest BCUT2D eigenvalue weighted by Gasteiger charge is -2.25. The van der Waals surface area contributed by atoms with Crippen molar-refractivity contribution in [3.63, 3.8) is 0 Å². The van der Waals surface area contributed by atoms with E-state index in [4.69, 9.17) is 0 Å². The Morgan fingerprint density at radius 2 is 1.28 bits per heavy atom. The second kappa shape index (κ2) is 12.0. The topological polar surface area (TPSA) is 12.0 Å². The molecule has 0 radical (unpaired) electrons. The smallest absolute Gasteiger partial charge is 0.000252 e. The molecule has 0 heterocycles. The number of rotatable bonds is 13. The highest BCUT2D eigenvalue weighted by Crippen LogP contribution is 2.22. The predicted octanol–water partition coefficient (Wildman–Crippen LogP) is 5.54. The Hall–Kier alpha value is -0.0400. The van der Waals surface area contributed by atoms with Gasteiger partial charge in [0.05, 0.1) is 0 Å². The summed E-state index contributed by atoms with van der Waals surface area (Å²) < 4.78 is 0. The zero-order chi connectivity index (χ0) is 13.7. The minimum atomic E-state index is 0.483. The third kappa shape index (κ3) is 12.4. The Kier molecular flexibility index (Phi) is 12.0. The molecule has 18 heavy (non-hydrogen) atoms. The molecule has 1 nitrogen and oxygen atoms in total. The molecule has 0 bridgehead atoms. The maximum atomic E-state index is 3.64. The number of unbranched alkanes of at least 4 members (excludes halogenated alkanes) is 7. The first-order chi connectivity index (χ1) is 8.62. The molecule has 0 aliphatic heterocycles. The zero-order valence-electron chi connectivity index (χ0n) is 13.5. The Morgan fingerprint density at radius 1 is 0.722 bits per heavy atom. The molecule has 0 spiro atoms. The molecule has 1 N–H and O–H groups in total. The largest absolute Gasteiger partial charge is 0.316 e. The van der Waals surface area contributed by atoms with Gasteiger partial charge in [-0.05, 0) is 24.8 Å². The van der Waals surface area contributed by atoms with Crippen molar-refractivity contribution in [3.05, 3.63) is 0 Å². The van der Waals surface area contributed by atoms with E-state index in [-0.39, 0.29) is 0 Å². The maximum Gasteiger partial charge on any atom is 0.000252 e. The second-order valence-corrected chi connectivity index (χ2v) is 6.57. The van der Waals surface area contributed by atoms with Gasteiger partial charge < -0.3 is 5.32 Å². The molecule has 0 aromatic rings. The molecule has 0 saturated heterocycles. The van der Waals surface area contributed by atoms with E-state index in [1.54, 1.807) is 0 Å². The summed E-state index contributed by atoms with van der Waals surface area (Å²) in [5.74, 6) is 0. The molecule has 0 unspecified atom stereocenters. The molecule has 0 amide bonds. The van der Waals surface area contributed by atoms with Crippen LogP contribution >= 0.6 is 0 Å². The van der Waals surface area contributed by atoms with Crippen LogP contribution in [0.4, 0.5) is 0 Å². The lowest BCUT2D eigenvalue weighted by molar-refractivity contribution is 0.301. The molecular weight excluding hydrogens is 218 g/mol. The number of hydrogen-bond donors (Lipinski definition) is 1. The molecule has 0 saturated carbocycles. The van der Waals surface area contributed by atoms with E-state index >= 15 is 0 Å². The van der Waals surface area contributed by atoms with Crippen LogP contribution < -0.4 is 5.32 Å². The van der Waals surface area contributed by atoms with Gasteiger partial charge in [0, 0.05) is 6.54 Å². The van der Waals surface area contributed by atoms with Crippen LogP contribution in [-0.4, -0.2) is 13.1 Å². The van der Waals surface area contributed by atoms with Crippen molar-refractivity contribution >= 4 is 0 Å². The molecule has 0 fully saturated rings. The Morgan fingerprint density at radius 3 is 1.89 bits per heavy atom. The average molecular weight is 255 g/mol. The first-order valence-corrected chi connectivity index (χ1v) is 8.33. The van der Waals surface area contributed by atoms with Crippen LogP contribution in [0.5, 0.6) is 0 Å². The van der Waals surface area contributed by atoms with Crippen LogP contribution in [0, 0.1) is 5.41 Å². The van der Waals surface area contributed by atoms with Crippen molar-refractivity contribution in [1.82, 2.24) is 5.32 Å². The Balaban J connectivity index is 3.34. The summed E-state index contributed by atoms with van der Waals surface area (Å²) in [6.07, 6.45) is 13.9. The lowest BCUT2D eigenvalue weighted by atomic mass is 9.86. The van der Waals surface area contributed by atoms with Gasteiger partial charge in [0.25, 0.3) is 0 Å². The first-order valence-electron chi connectivity index (χ1n) is 8.33. The molecule has 0 aromatic heterocycles. The fourth-order valence-electron chi connectivity index (χ4n) is 2.40. The summed E-state index contributed by atoms with van der Waals surface area (Å²) in [4.78, 5) is 0. The van der Waals surface area contributed by atoms with Gasteiger partial charge in [-0.3, -0.25) is 0 Å². The first kappa shape index (κ1) is 18.0. The Labute approximate surface area is 116 Å². The summed E-state index contributed by atoms with van der Waals surface area (Å²) in [5, 5.41) is 3.64. The van der Waals surface area contributed by atoms with E-state index in [9.17, 15) is 0 Å².